The van der Waals surface area contributed by atoms with Gasteiger partial charge >= 0.3 is 0 Å². The summed E-state index contributed by atoms with van der Waals surface area (Å²) in [4.78, 5) is 22.1. The van der Waals surface area contributed by atoms with Crippen LogP contribution in [0.2, 0.25) is 0 Å². The van der Waals surface area contributed by atoms with Crippen LogP contribution < -0.4 is 0 Å². The molecule has 0 radical (unpaired) electrons. The molecule has 0 atom stereocenters. The number of nitrogens with zero attached hydrogens (tertiary/aromatic N) is 5. The van der Waals surface area contributed by atoms with E-state index >= 15 is 0 Å². The summed E-state index contributed by atoms with van der Waals surface area (Å²) < 4.78 is 6.96. The van der Waals surface area contributed by atoms with Crippen molar-refractivity contribution >= 4 is 5.91 Å². The molecule has 0 N–H and O–H groups in total. The van der Waals surface area contributed by atoms with Crippen LogP contribution in [0.5, 0.6) is 0 Å². The van der Waals surface area contributed by atoms with Gasteiger partial charge in [0.05, 0.1) is 17.5 Å². The van der Waals surface area contributed by atoms with Crippen LogP contribution in [0.4, 0.5) is 0 Å². The molecule has 2 aromatic carbocycles. The Morgan fingerprint density at radius 3 is 2.21 bits per heavy atom. The SMILES string of the molecule is Cc1ccc(CN2CCN(C(=O)c3nc(-c4ccoc4)n(-c4ccc(C)cc4)n3)CC2)cc1. The van der Waals surface area contributed by atoms with Crippen molar-refractivity contribution in [1.29, 1.82) is 0 Å². The minimum Gasteiger partial charge on any atom is -0.472 e. The number of benzene rings is 2. The minimum absolute atomic E-state index is 0.138. The lowest BCUT2D eigenvalue weighted by atomic mass is 10.1. The number of rotatable bonds is 5. The highest BCUT2D eigenvalue weighted by Crippen LogP contribution is 2.23. The molecule has 4 aromatic rings. The summed E-state index contributed by atoms with van der Waals surface area (Å²) in [6.07, 6.45) is 3.21. The number of hydrogen-bond acceptors (Lipinski definition) is 5. The molecule has 5 rings (SSSR count). The fraction of sp³-hybridized carbons (Fsp3) is 0.269. The number of carbonyl (C=O) groups excluding carboxylic acids is 1. The highest BCUT2D eigenvalue weighted by Gasteiger charge is 2.27. The average molecular weight is 442 g/mol. The van der Waals surface area contributed by atoms with Crippen LogP contribution >= 0.6 is 0 Å². The second-order valence-electron chi connectivity index (χ2n) is 8.57. The van der Waals surface area contributed by atoms with Crippen molar-refractivity contribution < 1.29 is 9.21 Å². The van der Waals surface area contributed by atoms with Crippen molar-refractivity contribution in [2.75, 3.05) is 26.2 Å². The zero-order valence-corrected chi connectivity index (χ0v) is 18.9. The topological polar surface area (TPSA) is 67.4 Å². The average Bonchev–Trinajstić information content (AvgIpc) is 3.51. The van der Waals surface area contributed by atoms with E-state index in [4.69, 9.17) is 4.42 Å². The van der Waals surface area contributed by atoms with Crippen LogP contribution in [-0.2, 0) is 6.54 Å². The van der Waals surface area contributed by atoms with E-state index in [1.165, 1.54) is 11.1 Å². The number of aryl methyl sites for hydroxylation is 2. The molecule has 7 nitrogen and oxygen atoms in total. The lowest BCUT2D eigenvalue weighted by Crippen LogP contribution is -2.48. The fourth-order valence-electron chi connectivity index (χ4n) is 4.05. The van der Waals surface area contributed by atoms with Gasteiger partial charge < -0.3 is 9.32 Å². The highest BCUT2D eigenvalue weighted by atomic mass is 16.3. The lowest BCUT2D eigenvalue weighted by molar-refractivity contribution is 0.0616. The van der Waals surface area contributed by atoms with E-state index in [0.29, 0.717) is 18.9 Å². The number of hydrogen-bond donors (Lipinski definition) is 0. The van der Waals surface area contributed by atoms with Gasteiger partial charge in [0.15, 0.2) is 5.82 Å². The maximum Gasteiger partial charge on any atom is 0.293 e. The molecular weight excluding hydrogens is 414 g/mol. The maximum atomic E-state index is 13.3. The molecule has 1 aliphatic heterocycles. The van der Waals surface area contributed by atoms with E-state index < -0.39 is 0 Å². The summed E-state index contributed by atoms with van der Waals surface area (Å²) in [7, 11) is 0. The molecule has 0 spiro atoms. The van der Waals surface area contributed by atoms with Crippen molar-refractivity contribution in [2.45, 2.75) is 20.4 Å². The summed E-state index contributed by atoms with van der Waals surface area (Å²) in [6.45, 7) is 8.00. The first kappa shape index (κ1) is 21.2. The summed E-state index contributed by atoms with van der Waals surface area (Å²) in [6, 6.07) is 18.4. The Kier molecular flexibility index (Phi) is 5.79. The molecule has 0 unspecified atom stereocenters. The summed E-state index contributed by atoms with van der Waals surface area (Å²) in [5.74, 6) is 0.660. The van der Waals surface area contributed by atoms with Gasteiger partial charge in [-0.3, -0.25) is 9.69 Å². The number of carbonyl (C=O) groups is 1. The molecule has 1 saturated heterocycles. The molecule has 0 aliphatic carbocycles. The molecule has 1 amide bonds. The number of piperazine rings is 1. The zero-order valence-electron chi connectivity index (χ0n) is 18.9. The Bertz CT molecular complexity index is 1220. The third kappa shape index (κ3) is 4.59. The predicted molar refractivity (Wildman–Crippen MR) is 126 cm³/mol. The van der Waals surface area contributed by atoms with E-state index in [1.807, 2.05) is 42.2 Å². The number of aromatic nitrogens is 3. The number of amides is 1. The molecule has 0 bridgehead atoms. The van der Waals surface area contributed by atoms with Crippen molar-refractivity contribution in [3.63, 3.8) is 0 Å². The normalized spacial score (nSPS) is 14.5. The molecular formula is C26H27N5O2. The van der Waals surface area contributed by atoms with Crippen molar-refractivity contribution in [3.05, 3.63) is 89.6 Å². The second-order valence-corrected chi connectivity index (χ2v) is 8.57. The van der Waals surface area contributed by atoms with E-state index in [9.17, 15) is 4.79 Å². The Balaban J connectivity index is 1.32. The molecule has 1 aliphatic rings. The Morgan fingerprint density at radius 2 is 1.58 bits per heavy atom. The third-order valence-electron chi connectivity index (χ3n) is 6.04. The summed E-state index contributed by atoms with van der Waals surface area (Å²) in [5, 5.41) is 4.60. The predicted octanol–water partition coefficient (Wildman–Crippen LogP) is 4.10. The van der Waals surface area contributed by atoms with Gasteiger partial charge in [-0.1, -0.05) is 47.5 Å². The van der Waals surface area contributed by atoms with Crippen molar-refractivity contribution in [1.82, 2.24) is 24.6 Å². The van der Waals surface area contributed by atoms with E-state index in [2.05, 4.69) is 46.2 Å². The van der Waals surface area contributed by atoms with Crippen LogP contribution in [-0.4, -0.2) is 56.7 Å². The van der Waals surface area contributed by atoms with E-state index in [0.717, 1.165) is 36.4 Å². The van der Waals surface area contributed by atoms with Crippen LogP contribution in [0, 0.1) is 13.8 Å². The molecule has 1 fully saturated rings. The van der Waals surface area contributed by atoms with Crippen molar-refractivity contribution in [3.8, 4) is 17.1 Å². The molecule has 168 valence electrons. The molecule has 7 heteroatoms. The maximum absolute atomic E-state index is 13.3. The van der Waals surface area contributed by atoms with Gasteiger partial charge in [-0.2, -0.15) is 0 Å². The van der Waals surface area contributed by atoms with E-state index in [-0.39, 0.29) is 11.7 Å². The van der Waals surface area contributed by atoms with E-state index in [1.54, 1.807) is 17.2 Å². The summed E-state index contributed by atoms with van der Waals surface area (Å²) >= 11 is 0. The summed E-state index contributed by atoms with van der Waals surface area (Å²) in [5.41, 5.74) is 5.35. The lowest BCUT2D eigenvalue weighted by Gasteiger charge is -2.34. The first-order chi connectivity index (χ1) is 16.1. The van der Waals surface area contributed by atoms with Crippen LogP contribution in [0.3, 0.4) is 0 Å². The smallest absolute Gasteiger partial charge is 0.293 e. The Labute approximate surface area is 193 Å². The Morgan fingerprint density at radius 1 is 0.909 bits per heavy atom. The van der Waals surface area contributed by atoms with Gasteiger partial charge in [0.1, 0.15) is 6.26 Å². The number of furan rings is 1. The second kappa shape index (κ2) is 9.03. The minimum atomic E-state index is -0.138. The monoisotopic (exact) mass is 441 g/mol. The fourth-order valence-corrected chi connectivity index (χ4v) is 4.05. The third-order valence-corrected chi connectivity index (χ3v) is 6.04. The molecule has 33 heavy (non-hydrogen) atoms. The van der Waals surface area contributed by atoms with Crippen LogP contribution in [0.15, 0.2) is 71.5 Å². The Hall–Kier alpha value is -3.71. The quantitative estimate of drug-likeness (QED) is 0.466. The van der Waals surface area contributed by atoms with Crippen LogP contribution in [0.1, 0.15) is 27.3 Å². The standard InChI is InChI=1S/C26H27N5O2/c1-19-3-7-21(8-4-19)17-29-12-14-30(15-13-29)26(32)24-27-25(22-11-16-33-18-22)31(28-24)23-9-5-20(2)6-10-23/h3-11,16,18H,12-15,17H2,1-2H3. The molecule has 3 heterocycles. The zero-order chi connectivity index (χ0) is 22.8. The highest BCUT2D eigenvalue weighted by molar-refractivity contribution is 5.91. The van der Waals surface area contributed by atoms with Crippen LogP contribution in [0.25, 0.3) is 17.1 Å². The van der Waals surface area contributed by atoms with Gasteiger partial charge in [-0.05, 0) is 37.6 Å². The first-order valence-electron chi connectivity index (χ1n) is 11.2. The molecule has 2 aromatic heterocycles. The first-order valence-corrected chi connectivity index (χ1v) is 11.2. The van der Waals surface area contributed by atoms with Gasteiger partial charge in [0.2, 0.25) is 5.82 Å². The largest absolute Gasteiger partial charge is 0.472 e. The van der Waals surface area contributed by atoms with Gasteiger partial charge in [0.25, 0.3) is 5.91 Å². The van der Waals surface area contributed by atoms with Gasteiger partial charge in [-0.15, -0.1) is 5.10 Å². The van der Waals surface area contributed by atoms with Gasteiger partial charge in [-0.25, -0.2) is 9.67 Å². The molecule has 0 saturated carbocycles. The van der Waals surface area contributed by atoms with Gasteiger partial charge in [0, 0.05) is 32.7 Å². The van der Waals surface area contributed by atoms with Crippen molar-refractivity contribution in [2.24, 2.45) is 0 Å².